The van der Waals surface area contributed by atoms with E-state index in [4.69, 9.17) is 15.0 Å². The molecule has 0 bridgehead atoms. The van der Waals surface area contributed by atoms with Gasteiger partial charge in [0.1, 0.15) is 5.69 Å². The summed E-state index contributed by atoms with van der Waals surface area (Å²) in [5.41, 5.74) is 11.1. The van der Waals surface area contributed by atoms with E-state index >= 15 is 0 Å². The average molecular weight is 460 g/mol. The largest absolute Gasteiger partial charge is 0.382 e. The Bertz CT molecular complexity index is 1220. The van der Waals surface area contributed by atoms with Gasteiger partial charge in [0, 0.05) is 47.9 Å². The molecule has 0 unspecified atom stereocenters. The van der Waals surface area contributed by atoms with Crippen molar-refractivity contribution in [3.8, 4) is 34.0 Å². The summed E-state index contributed by atoms with van der Waals surface area (Å²) in [6, 6.07) is 18.4. The lowest BCUT2D eigenvalue weighted by atomic mass is 10.1. The van der Waals surface area contributed by atoms with Gasteiger partial charge in [-0.05, 0) is 30.5 Å². The summed E-state index contributed by atoms with van der Waals surface area (Å²) in [6.45, 7) is 2.51. The molecule has 8 heteroatoms. The molecule has 1 aliphatic heterocycles. The van der Waals surface area contributed by atoms with Gasteiger partial charge in [-0.15, -0.1) is 12.6 Å². The summed E-state index contributed by atoms with van der Waals surface area (Å²) in [6.07, 6.45) is 3.78. The summed E-state index contributed by atoms with van der Waals surface area (Å²) in [5.74, 6) is 0.773. The molecule has 0 amide bonds. The molecule has 0 atom stereocenters. The van der Waals surface area contributed by atoms with Gasteiger partial charge in [-0.25, -0.2) is 9.97 Å². The molecule has 1 saturated heterocycles. The molecule has 2 aromatic heterocycles. The van der Waals surface area contributed by atoms with E-state index in [1.807, 2.05) is 42.5 Å². The number of aromatic nitrogens is 3. The van der Waals surface area contributed by atoms with Gasteiger partial charge in [0.2, 0.25) is 0 Å². The van der Waals surface area contributed by atoms with Crippen molar-refractivity contribution in [2.75, 3.05) is 18.9 Å². The fourth-order valence-corrected chi connectivity index (χ4v) is 3.98. The number of nitrogens with one attached hydrogen (secondary N) is 1. The number of nitrogens with zero attached hydrogens (tertiary/aromatic N) is 3. The Morgan fingerprint density at radius 1 is 0.970 bits per heavy atom. The van der Waals surface area contributed by atoms with E-state index in [2.05, 4.69) is 45.2 Å². The molecule has 168 valence electrons. The third-order valence-corrected chi connectivity index (χ3v) is 6.07. The number of hydrogen-bond acceptors (Lipinski definition) is 8. The number of ether oxygens (including phenoxy) is 1. The zero-order chi connectivity index (χ0) is 22.6. The maximum absolute atomic E-state index is 6.10. The van der Waals surface area contributed by atoms with Crippen molar-refractivity contribution in [2.24, 2.45) is 0 Å². The van der Waals surface area contributed by atoms with Crippen LogP contribution in [0.25, 0.3) is 34.0 Å². The van der Waals surface area contributed by atoms with Gasteiger partial charge >= 0.3 is 0 Å². The van der Waals surface area contributed by atoms with Crippen molar-refractivity contribution in [1.29, 1.82) is 0 Å². The highest BCUT2D eigenvalue weighted by molar-refractivity contribution is 7.80. The van der Waals surface area contributed by atoms with Crippen LogP contribution in [-0.4, -0.2) is 34.4 Å². The van der Waals surface area contributed by atoms with E-state index in [1.165, 1.54) is 5.56 Å². The minimum Gasteiger partial charge on any atom is -0.382 e. The van der Waals surface area contributed by atoms with Crippen LogP contribution < -0.4 is 11.1 Å². The Kier molecular flexibility index (Phi) is 6.39. The summed E-state index contributed by atoms with van der Waals surface area (Å²) < 4.78 is 11.0. The standard InChI is InChI=1S/C25H25N5O2S/c26-25-24(29-22(15-28-25)18-5-7-20(33)8-6-18)23-13-21(30-32-23)17-3-1-16(2-4-17)14-27-19-9-11-31-12-10-19/h1-8,13,15,19,27,33H,9-12,14H2,(H2,26,28). The summed E-state index contributed by atoms with van der Waals surface area (Å²) in [4.78, 5) is 9.85. The van der Waals surface area contributed by atoms with Crippen LogP contribution in [-0.2, 0) is 11.3 Å². The number of nitrogens with two attached hydrogens (primary N) is 1. The molecule has 0 spiro atoms. The molecule has 0 aliphatic carbocycles. The van der Waals surface area contributed by atoms with Crippen LogP contribution in [0.3, 0.4) is 0 Å². The second kappa shape index (κ2) is 9.74. The lowest BCUT2D eigenvalue weighted by Gasteiger charge is -2.23. The van der Waals surface area contributed by atoms with Crippen molar-refractivity contribution in [2.45, 2.75) is 30.3 Å². The van der Waals surface area contributed by atoms with Gasteiger partial charge in [0.15, 0.2) is 17.3 Å². The Hall–Kier alpha value is -3.20. The highest BCUT2D eigenvalue weighted by Gasteiger charge is 2.16. The van der Waals surface area contributed by atoms with E-state index < -0.39 is 0 Å². The summed E-state index contributed by atoms with van der Waals surface area (Å²) in [7, 11) is 0. The Labute approximate surface area is 197 Å². The molecule has 1 aliphatic rings. The van der Waals surface area contributed by atoms with Crippen molar-refractivity contribution >= 4 is 18.4 Å². The first kappa shape index (κ1) is 21.6. The van der Waals surface area contributed by atoms with Crippen LogP contribution in [0.2, 0.25) is 0 Å². The minimum absolute atomic E-state index is 0.293. The first-order valence-electron chi connectivity index (χ1n) is 10.9. The first-order valence-corrected chi connectivity index (χ1v) is 11.4. The van der Waals surface area contributed by atoms with E-state index in [1.54, 1.807) is 6.20 Å². The van der Waals surface area contributed by atoms with Crippen LogP contribution in [0, 0.1) is 0 Å². The van der Waals surface area contributed by atoms with Gasteiger partial charge < -0.3 is 20.3 Å². The first-order chi connectivity index (χ1) is 16.2. The third kappa shape index (κ3) is 5.08. The van der Waals surface area contributed by atoms with Gasteiger partial charge in [-0.2, -0.15) is 0 Å². The SMILES string of the molecule is Nc1ncc(-c2ccc(S)cc2)nc1-c1cc(-c2ccc(CNC3CCOCC3)cc2)no1. The number of nitrogen functional groups attached to an aromatic ring is 1. The molecule has 2 aromatic carbocycles. The van der Waals surface area contributed by atoms with Crippen LogP contribution in [0.15, 0.2) is 70.2 Å². The van der Waals surface area contributed by atoms with E-state index in [9.17, 15) is 0 Å². The maximum atomic E-state index is 6.10. The van der Waals surface area contributed by atoms with Gasteiger partial charge in [-0.1, -0.05) is 41.6 Å². The normalized spacial score (nSPS) is 14.5. The van der Waals surface area contributed by atoms with Crippen LogP contribution >= 0.6 is 12.6 Å². The highest BCUT2D eigenvalue weighted by Crippen LogP contribution is 2.30. The van der Waals surface area contributed by atoms with Crippen LogP contribution in [0.1, 0.15) is 18.4 Å². The second-order valence-electron chi connectivity index (χ2n) is 8.08. The van der Waals surface area contributed by atoms with Crippen LogP contribution in [0.5, 0.6) is 0 Å². The molecule has 5 rings (SSSR count). The Morgan fingerprint density at radius 2 is 1.67 bits per heavy atom. The van der Waals surface area contributed by atoms with Crippen LogP contribution in [0.4, 0.5) is 5.82 Å². The molecule has 1 fully saturated rings. The lowest BCUT2D eigenvalue weighted by Crippen LogP contribution is -2.34. The van der Waals surface area contributed by atoms with Crippen molar-refractivity contribution in [3.05, 3.63) is 66.4 Å². The average Bonchev–Trinajstić information content (AvgIpc) is 3.35. The zero-order valence-corrected chi connectivity index (χ0v) is 19.0. The zero-order valence-electron chi connectivity index (χ0n) is 18.1. The van der Waals surface area contributed by atoms with Crippen molar-refractivity contribution in [3.63, 3.8) is 0 Å². The minimum atomic E-state index is 0.293. The molecule has 3 heterocycles. The predicted molar refractivity (Wildman–Crippen MR) is 131 cm³/mol. The fourth-order valence-electron chi connectivity index (χ4n) is 3.83. The molecule has 0 radical (unpaired) electrons. The van der Waals surface area contributed by atoms with Gasteiger partial charge in [0.25, 0.3) is 0 Å². The lowest BCUT2D eigenvalue weighted by molar-refractivity contribution is 0.0776. The Balaban J connectivity index is 1.31. The molecular formula is C25H25N5O2S. The summed E-state index contributed by atoms with van der Waals surface area (Å²) >= 11 is 4.33. The fraction of sp³-hybridized carbons (Fsp3) is 0.240. The molecule has 4 aromatic rings. The van der Waals surface area contributed by atoms with Gasteiger partial charge in [0.05, 0.1) is 11.9 Å². The number of anilines is 1. The van der Waals surface area contributed by atoms with Crippen molar-refractivity contribution < 1.29 is 9.26 Å². The molecular weight excluding hydrogens is 434 g/mol. The van der Waals surface area contributed by atoms with Crippen molar-refractivity contribution in [1.82, 2.24) is 20.4 Å². The maximum Gasteiger partial charge on any atom is 0.189 e. The van der Waals surface area contributed by atoms with E-state index in [0.717, 1.165) is 54.3 Å². The number of thiol groups is 1. The highest BCUT2D eigenvalue weighted by atomic mass is 32.1. The monoisotopic (exact) mass is 459 g/mol. The summed E-state index contributed by atoms with van der Waals surface area (Å²) in [5, 5.41) is 7.83. The molecule has 7 nitrogen and oxygen atoms in total. The van der Waals surface area contributed by atoms with Gasteiger partial charge in [-0.3, -0.25) is 0 Å². The van der Waals surface area contributed by atoms with E-state index in [-0.39, 0.29) is 0 Å². The second-order valence-corrected chi connectivity index (χ2v) is 8.59. The number of hydrogen-bond donors (Lipinski definition) is 3. The quantitative estimate of drug-likeness (QED) is 0.362. The molecule has 0 saturated carbocycles. The molecule has 3 N–H and O–H groups in total. The smallest absolute Gasteiger partial charge is 0.189 e. The Morgan fingerprint density at radius 3 is 2.42 bits per heavy atom. The third-order valence-electron chi connectivity index (χ3n) is 5.77. The molecule has 33 heavy (non-hydrogen) atoms. The predicted octanol–water partition coefficient (Wildman–Crippen LogP) is 4.61. The number of benzene rings is 2. The number of rotatable bonds is 6. The van der Waals surface area contributed by atoms with E-state index in [0.29, 0.717) is 29.0 Å². The topological polar surface area (TPSA) is 99.1 Å².